The minimum Gasteiger partial charge on any atom is -0.347 e. The van der Waals surface area contributed by atoms with E-state index >= 15 is 0 Å². The van der Waals surface area contributed by atoms with Crippen molar-refractivity contribution in [2.24, 2.45) is 5.73 Å². The van der Waals surface area contributed by atoms with E-state index in [-0.39, 0.29) is 18.0 Å². The molecule has 3 nitrogen and oxygen atoms in total. The number of nitrogens with one attached hydrogen (secondary N) is 1. The number of nitrogens with two attached hydrogens (primary N) is 1. The number of hydrogen-bond acceptors (Lipinski definition) is 4. The summed E-state index contributed by atoms with van der Waals surface area (Å²) in [4.78, 5) is 13.1. The molecule has 2 atom stereocenters. The molecule has 2 aromatic heterocycles. The molecule has 3 N–H and O–H groups in total. The average Bonchev–Trinajstić information content (AvgIpc) is 2.91. The standard InChI is InChI=1S/C14H18N2OS2/c15-9-4-2-1-3-5-10(9)16-14(17)13-8-12-11(19-13)6-7-18-12/h6-10H,1-5,15H2,(H,16,17). The molecule has 2 aromatic rings. The molecule has 5 heteroatoms. The molecule has 0 saturated heterocycles. The first-order valence-electron chi connectivity index (χ1n) is 6.77. The van der Waals surface area contributed by atoms with Crippen molar-refractivity contribution in [3.05, 3.63) is 22.4 Å². The summed E-state index contributed by atoms with van der Waals surface area (Å²) < 4.78 is 2.39. The number of fused-ring (bicyclic) bond motifs is 1. The second kappa shape index (κ2) is 5.61. The SMILES string of the molecule is NC1CCCCCC1NC(=O)c1cc2sccc2s1. The van der Waals surface area contributed by atoms with Crippen LogP contribution in [0.25, 0.3) is 9.40 Å². The topological polar surface area (TPSA) is 55.1 Å². The number of hydrogen-bond donors (Lipinski definition) is 2. The zero-order valence-electron chi connectivity index (χ0n) is 10.7. The lowest BCUT2D eigenvalue weighted by atomic mass is 10.0. The van der Waals surface area contributed by atoms with Gasteiger partial charge in [-0.3, -0.25) is 4.79 Å². The van der Waals surface area contributed by atoms with Crippen LogP contribution >= 0.6 is 22.7 Å². The second-order valence-corrected chi connectivity index (χ2v) is 7.17. The number of rotatable bonds is 2. The van der Waals surface area contributed by atoms with Gasteiger partial charge in [-0.25, -0.2) is 0 Å². The molecule has 19 heavy (non-hydrogen) atoms. The molecule has 2 heterocycles. The predicted octanol–water partition coefficient (Wildman–Crippen LogP) is 3.35. The lowest BCUT2D eigenvalue weighted by Gasteiger charge is -2.22. The fourth-order valence-corrected chi connectivity index (χ4v) is 4.64. The molecule has 0 bridgehead atoms. The zero-order chi connectivity index (χ0) is 13.2. The third-order valence-electron chi connectivity index (χ3n) is 3.75. The number of carbonyl (C=O) groups is 1. The Morgan fingerprint density at radius 3 is 2.95 bits per heavy atom. The van der Waals surface area contributed by atoms with Gasteiger partial charge < -0.3 is 11.1 Å². The van der Waals surface area contributed by atoms with Crippen LogP contribution in [0.2, 0.25) is 0 Å². The van der Waals surface area contributed by atoms with E-state index in [2.05, 4.69) is 16.8 Å². The molecule has 102 valence electrons. The fraction of sp³-hybridized carbons (Fsp3) is 0.500. The lowest BCUT2D eigenvalue weighted by Crippen LogP contribution is -2.46. The molecule has 1 saturated carbocycles. The minimum absolute atomic E-state index is 0.0377. The zero-order valence-corrected chi connectivity index (χ0v) is 12.4. The maximum Gasteiger partial charge on any atom is 0.261 e. The summed E-state index contributed by atoms with van der Waals surface area (Å²) in [5, 5.41) is 5.19. The Morgan fingerprint density at radius 1 is 1.26 bits per heavy atom. The van der Waals surface area contributed by atoms with Gasteiger partial charge in [0, 0.05) is 21.5 Å². The van der Waals surface area contributed by atoms with Crippen LogP contribution in [0.5, 0.6) is 0 Å². The molecule has 0 aromatic carbocycles. The van der Waals surface area contributed by atoms with E-state index in [1.165, 1.54) is 22.2 Å². The second-order valence-electron chi connectivity index (χ2n) is 5.14. The van der Waals surface area contributed by atoms with Crippen LogP contribution in [0.15, 0.2) is 17.5 Å². The molecule has 1 aliphatic carbocycles. The number of thiophene rings is 2. The summed E-state index contributed by atoms with van der Waals surface area (Å²) in [7, 11) is 0. The van der Waals surface area contributed by atoms with Crippen LogP contribution in [0.4, 0.5) is 0 Å². The first kappa shape index (κ1) is 13.1. The maximum atomic E-state index is 12.3. The Bertz CT molecular complexity index is 546. The molecule has 0 aliphatic heterocycles. The Labute approximate surface area is 120 Å². The van der Waals surface area contributed by atoms with E-state index in [0.29, 0.717) is 0 Å². The van der Waals surface area contributed by atoms with Crippen LogP contribution in [-0.4, -0.2) is 18.0 Å². The van der Waals surface area contributed by atoms with Crippen molar-refractivity contribution in [1.82, 2.24) is 5.32 Å². The highest BCUT2D eigenvalue weighted by atomic mass is 32.1. The van der Waals surface area contributed by atoms with Gasteiger partial charge >= 0.3 is 0 Å². The predicted molar refractivity (Wildman–Crippen MR) is 82.0 cm³/mol. The van der Waals surface area contributed by atoms with Crippen molar-refractivity contribution in [2.45, 2.75) is 44.2 Å². The summed E-state index contributed by atoms with van der Waals surface area (Å²) in [6, 6.07) is 4.30. The highest BCUT2D eigenvalue weighted by Crippen LogP contribution is 2.30. The normalized spacial score (nSPS) is 24.3. The van der Waals surface area contributed by atoms with Gasteiger partial charge in [-0.15, -0.1) is 22.7 Å². The first-order chi connectivity index (χ1) is 9.24. The molecule has 1 amide bonds. The molecule has 0 spiro atoms. The average molecular weight is 294 g/mol. The summed E-state index contributed by atoms with van der Waals surface area (Å²) >= 11 is 3.25. The van der Waals surface area contributed by atoms with Crippen molar-refractivity contribution in [3.63, 3.8) is 0 Å². The van der Waals surface area contributed by atoms with Gasteiger partial charge in [0.05, 0.1) is 4.88 Å². The van der Waals surface area contributed by atoms with Crippen molar-refractivity contribution < 1.29 is 4.79 Å². The number of carbonyl (C=O) groups excluding carboxylic acids is 1. The van der Waals surface area contributed by atoms with E-state index < -0.39 is 0 Å². The van der Waals surface area contributed by atoms with Gasteiger partial charge in [-0.2, -0.15) is 0 Å². The molecule has 1 aliphatic rings. The quantitative estimate of drug-likeness (QED) is 0.835. The van der Waals surface area contributed by atoms with Gasteiger partial charge in [0.15, 0.2) is 0 Å². The van der Waals surface area contributed by atoms with E-state index in [0.717, 1.165) is 24.1 Å². The highest BCUT2D eigenvalue weighted by Gasteiger charge is 2.23. The Kier molecular flexibility index (Phi) is 3.86. The Balaban J connectivity index is 1.71. The van der Waals surface area contributed by atoms with Gasteiger partial charge in [-0.05, 0) is 30.4 Å². The monoisotopic (exact) mass is 294 g/mol. The summed E-state index contributed by atoms with van der Waals surface area (Å²) in [5.41, 5.74) is 6.15. The Morgan fingerprint density at radius 2 is 2.11 bits per heavy atom. The molecular weight excluding hydrogens is 276 g/mol. The fourth-order valence-electron chi connectivity index (χ4n) is 2.63. The lowest BCUT2D eigenvalue weighted by molar-refractivity contribution is 0.0933. The van der Waals surface area contributed by atoms with E-state index in [1.54, 1.807) is 22.7 Å². The highest BCUT2D eigenvalue weighted by molar-refractivity contribution is 7.27. The van der Waals surface area contributed by atoms with Crippen LogP contribution in [0.1, 0.15) is 41.8 Å². The van der Waals surface area contributed by atoms with Gasteiger partial charge in [0.2, 0.25) is 0 Å². The molecular formula is C14H18N2OS2. The maximum absolute atomic E-state index is 12.3. The third-order valence-corrected chi connectivity index (χ3v) is 5.84. The molecule has 2 unspecified atom stereocenters. The number of amides is 1. The molecule has 3 rings (SSSR count). The molecule has 1 fully saturated rings. The van der Waals surface area contributed by atoms with E-state index in [4.69, 9.17) is 5.73 Å². The summed E-state index contributed by atoms with van der Waals surface area (Å²) in [6.07, 6.45) is 5.60. The smallest absolute Gasteiger partial charge is 0.261 e. The van der Waals surface area contributed by atoms with Crippen LogP contribution in [-0.2, 0) is 0 Å². The van der Waals surface area contributed by atoms with Gasteiger partial charge in [0.1, 0.15) is 0 Å². The van der Waals surface area contributed by atoms with Crippen molar-refractivity contribution in [1.29, 1.82) is 0 Å². The largest absolute Gasteiger partial charge is 0.347 e. The molecule has 0 radical (unpaired) electrons. The third kappa shape index (κ3) is 2.83. The van der Waals surface area contributed by atoms with Gasteiger partial charge in [0.25, 0.3) is 5.91 Å². The van der Waals surface area contributed by atoms with Crippen molar-refractivity contribution >= 4 is 38.0 Å². The Hall–Kier alpha value is -0.910. The van der Waals surface area contributed by atoms with Crippen LogP contribution < -0.4 is 11.1 Å². The van der Waals surface area contributed by atoms with E-state index in [1.807, 2.05) is 6.07 Å². The minimum atomic E-state index is 0.0377. The summed E-state index contributed by atoms with van der Waals surface area (Å²) in [6.45, 7) is 0. The summed E-state index contributed by atoms with van der Waals surface area (Å²) in [5.74, 6) is 0.0377. The van der Waals surface area contributed by atoms with Crippen molar-refractivity contribution in [2.75, 3.05) is 0 Å². The van der Waals surface area contributed by atoms with Crippen molar-refractivity contribution in [3.8, 4) is 0 Å². The van der Waals surface area contributed by atoms with Crippen LogP contribution in [0.3, 0.4) is 0 Å². The van der Waals surface area contributed by atoms with E-state index in [9.17, 15) is 4.79 Å². The first-order valence-corrected chi connectivity index (χ1v) is 8.47. The van der Waals surface area contributed by atoms with Crippen LogP contribution in [0, 0.1) is 0 Å². The van der Waals surface area contributed by atoms with Gasteiger partial charge in [-0.1, -0.05) is 19.3 Å².